The van der Waals surface area contributed by atoms with Crippen LogP contribution in [-0.4, -0.2) is 30.6 Å². The maximum Gasteiger partial charge on any atom is 0.264 e. The van der Waals surface area contributed by atoms with E-state index in [4.69, 9.17) is 20.5 Å². The number of anilines is 1. The van der Waals surface area contributed by atoms with Gasteiger partial charge >= 0.3 is 0 Å². The number of nitrogens with zero attached hydrogens (tertiary/aromatic N) is 4. The van der Waals surface area contributed by atoms with Gasteiger partial charge in [-0.1, -0.05) is 28.9 Å². The minimum atomic E-state index is -3.82. The monoisotopic (exact) mass is 470 g/mol. The summed E-state index contributed by atoms with van der Waals surface area (Å²) in [5.41, 5.74) is 0.959. The van der Waals surface area contributed by atoms with Crippen molar-refractivity contribution in [3.8, 4) is 11.5 Å². The Morgan fingerprint density at radius 1 is 1.16 bits per heavy atom. The molecule has 1 aliphatic carbocycles. The Hall–Kier alpha value is -3.17. The minimum Gasteiger partial charge on any atom is -0.445 e. The lowest BCUT2D eigenvalue weighted by Gasteiger charge is -2.19. The molecule has 0 spiro atoms. The summed E-state index contributed by atoms with van der Waals surface area (Å²) in [6, 6.07) is 13.0. The molecule has 0 saturated heterocycles. The van der Waals surface area contributed by atoms with Crippen LogP contribution in [0, 0.1) is 0 Å². The van der Waals surface area contributed by atoms with Crippen LogP contribution in [0.3, 0.4) is 0 Å². The van der Waals surface area contributed by atoms with Gasteiger partial charge in [0, 0.05) is 23.6 Å². The zero-order valence-corrected chi connectivity index (χ0v) is 18.7. The molecule has 0 bridgehead atoms. The lowest BCUT2D eigenvalue weighted by Crippen LogP contribution is -2.26. The first kappa shape index (κ1) is 20.7. The molecule has 1 aliphatic rings. The summed E-state index contributed by atoms with van der Waals surface area (Å²) in [4.78, 5) is 8.78. The number of hydrogen-bond acceptors (Lipinski definition) is 7. The molecule has 2 heterocycles. The van der Waals surface area contributed by atoms with E-state index in [1.54, 1.807) is 42.6 Å². The predicted octanol–water partition coefficient (Wildman–Crippen LogP) is 4.67. The van der Waals surface area contributed by atoms with Gasteiger partial charge in [-0.2, -0.15) is 4.98 Å². The molecule has 0 unspecified atom stereocenters. The van der Waals surface area contributed by atoms with Crippen LogP contribution in [0.25, 0.3) is 11.5 Å². The molecule has 8 nitrogen and oxygen atoms in total. The van der Waals surface area contributed by atoms with Crippen molar-refractivity contribution in [2.45, 2.75) is 30.1 Å². The first-order valence-electron chi connectivity index (χ1n) is 10.0. The maximum absolute atomic E-state index is 13.1. The Balaban J connectivity index is 1.37. The highest BCUT2D eigenvalue weighted by molar-refractivity contribution is 7.92. The topological polar surface area (TPSA) is 102 Å². The number of oxazole rings is 1. The second kappa shape index (κ2) is 8.07. The number of sulfonamides is 1. The Morgan fingerprint density at radius 3 is 2.75 bits per heavy atom. The van der Waals surface area contributed by atoms with Gasteiger partial charge < -0.3 is 8.94 Å². The predicted molar refractivity (Wildman–Crippen MR) is 118 cm³/mol. The van der Waals surface area contributed by atoms with Crippen LogP contribution < -0.4 is 4.31 Å². The number of benzene rings is 2. The second-order valence-corrected chi connectivity index (χ2v) is 10.0. The van der Waals surface area contributed by atoms with Crippen LogP contribution in [0.5, 0.6) is 0 Å². The zero-order chi connectivity index (χ0) is 22.3. The molecule has 10 heteroatoms. The van der Waals surface area contributed by atoms with Crippen LogP contribution in [-0.2, 0) is 16.4 Å². The van der Waals surface area contributed by atoms with Gasteiger partial charge in [-0.3, -0.25) is 4.31 Å². The summed E-state index contributed by atoms with van der Waals surface area (Å²) in [5.74, 6) is 2.51. The van der Waals surface area contributed by atoms with Gasteiger partial charge in [0.05, 0.1) is 23.2 Å². The number of hydrogen-bond donors (Lipinski definition) is 0. The summed E-state index contributed by atoms with van der Waals surface area (Å²) < 4.78 is 38.6. The van der Waals surface area contributed by atoms with E-state index in [9.17, 15) is 8.42 Å². The largest absolute Gasteiger partial charge is 0.445 e. The molecule has 1 saturated carbocycles. The smallest absolute Gasteiger partial charge is 0.264 e. The van der Waals surface area contributed by atoms with Crippen LogP contribution in [0.2, 0.25) is 5.02 Å². The van der Waals surface area contributed by atoms with Crippen molar-refractivity contribution in [3.63, 3.8) is 0 Å². The van der Waals surface area contributed by atoms with Crippen molar-refractivity contribution in [2.75, 3.05) is 11.4 Å². The van der Waals surface area contributed by atoms with Gasteiger partial charge in [-0.25, -0.2) is 13.4 Å². The van der Waals surface area contributed by atoms with Crippen molar-refractivity contribution >= 4 is 27.3 Å². The molecule has 2 aromatic heterocycles. The molecular weight excluding hydrogens is 452 g/mol. The maximum atomic E-state index is 13.1. The first-order valence-corrected chi connectivity index (χ1v) is 11.8. The molecular formula is C22H19ClN4O4S. The number of aromatic nitrogens is 3. The van der Waals surface area contributed by atoms with Gasteiger partial charge in [-0.05, 0) is 49.2 Å². The van der Waals surface area contributed by atoms with Crippen LogP contribution in [0.4, 0.5) is 5.69 Å². The van der Waals surface area contributed by atoms with Crippen LogP contribution >= 0.6 is 11.6 Å². The highest BCUT2D eigenvalue weighted by Gasteiger charge is 2.28. The minimum absolute atomic E-state index is 0.0986. The number of halogens is 1. The molecule has 4 aromatic rings. The van der Waals surface area contributed by atoms with E-state index in [0.717, 1.165) is 18.7 Å². The summed E-state index contributed by atoms with van der Waals surface area (Å²) >= 11 is 6.01. The van der Waals surface area contributed by atoms with Gasteiger partial charge in [-0.15, -0.1) is 0 Å². The fourth-order valence-electron chi connectivity index (χ4n) is 3.28. The number of rotatable bonds is 7. The highest BCUT2D eigenvalue weighted by Crippen LogP contribution is 2.39. The molecule has 32 heavy (non-hydrogen) atoms. The average Bonchev–Trinajstić information content (AvgIpc) is 3.36. The zero-order valence-electron chi connectivity index (χ0n) is 17.1. The van der Waals surface area contributed by atoms with E-state index in [1.807, 2.05) is 0 Å². The standard InChI is InChI=1S/C22H19ClN4O4S/c1-27(17-6-3-5-16(23)11-17)32(28,29)19-7-2-4-15(10-19)22-25-20(26-31-22)12-18-13-24-21(30-18)14-8-9-14/h2-7,10-11,13-14H,8-9,12H2,1H3. The summed E-state index contributed by atoms with van der Waals surface area (Å²) in [7, 11) is -2.34. The fourth-order valence-corrected chi connectivity index (χ4v) is 4.70. The quantitative estimate of drug-likeness (QED) is 0.386. The van der Waals surface area contributed by atoms with E-state index in [1.165, 1.54) is 23.5 Å². The molecule has 0 atom stereocenters. The van der Waals surface area contributed by atoms with Gasteiger partial charge in [0.2, 0.25) is 0 Å². The highest BCUT2D eigenvalue weighted by atomic mass is 35.5. The summed E-state index contributed by atoms with van der Waals surface area (Å²) in [5, 5.41) is 4.44. The van der Waals surface area contributed by atoms with Crippen molar-refractivity contribution in [3.05, 3.63) is 77.2 Å². The Morgan fingerprint density at radius 2 is 1.97 bits per heavy atom. The van der Waals surface area contributed by atoms with Crippen molar-refractivity contribution in [1.82, 2.24) is 15.1 Å². The summed E-state index contributed by atoms with van der Waals surface area (Å²) in [6.45, 7) is 0. The molecule has 2 aromatic carbocycles. The normalized spacial score (nSPS) is 13.9. The first-order chi connectivity index (χ1) is 15.4. The van der Waals surface area contributed by atoms with E-state index in [0.29, 0.717) is 40.2 Å². The molecule has 0 aliphatic heterocycles. The molecule has 164 valence electrons. The van der Waals surface area contributed by atoms with E-state index in [-0.39, 0.29) is 10.8 Å². The van der Waals surface area contributed by atoms with Crippen molar-refractivity contribution in [1.29, 1.82) is 0 Å². The Labute approximate surface area is 189 Å². The van der Waals surface area contributed by atoms with Crippen molar-refractivity contribution < 1.29 is 17.4 Å². The third-order valence-corrected chi connectivity index (χ3v) is 7.23. The lowest BCUT2D eigenvalue weighted by atomic mass is 10.2. The lowest BCUT2D eigenvalue weighted by molar-refractivity contribution is 0.417. The van der Waals surface area contributed by atoms with Gasteiger partial charge in [0.25, 0.3) is 15.9 Å². The SMILES string of the molecule is CN(c1cccc(Cl)c1)S(=O)(=O)c1cccc(-c2nc(Cc3cnc(C4CC4)o3)no2)c1. The molecule has 0 amide bonds. The van der Waals surface area contributed by atoms with Gasteiger partial charge in [0.15, 0.2) is 11.7 Å². The van der Waals surface area contributed by atoms with E-state index < -0.39 is 10.0 Å². The molecule has 5 rings (SSSR count). The molecule has 0 radical (unpaired) electrons. The van der Waals surface area contributed by atoms with Crippen LogP contribution in [0.1, 0.15) is 36.2 Å². The summed E-state index contributed by atoms with van der Waals surface area (Å²) in [6.07, 6.45) is 4.25. The van der Waals surface area contributed by atoms with Gasteiger partial charge in [0.1, 0.15) is 5.76 Å². The third-order valence-electron chi connectivity index (χ3n) is 5.21. The van der Waals surface area contributed by atoms with Crippen molar-refractivity contribution in [2.24, 2.45) is 0 Å². The van der Waals surface area contributed by atoms with E-state index in [2.05, 4.69) is 15.1 Å². The molecule has 1 fully saturated rings. The molecule has 0 N–H and O–H groups in total. The Kier molecular flexibility index (Phi) is 5.22. The van der Waals surface area contributed by atoms with Crippen LogP contribution in [0.15, 0.2) is 68.6 Å². The average molecular weight is 471 g/mol. The van der Waals surface area contributed by atoms with E-state index >= 15 is 0 Å². The Bertz CT molecular complexity index is 1380. The fraction of sp³-hybridized carbons (Fsp3) is 0.227. The second-order valence-electron chi connectivity index (χ2n) is 7.61. The third kappa shape index (κ3) is 4.13.